The molecule has 1 heterocycles. The van der Waals surface area contributed by atoms with Crippen molar-refractivity contribution < 1.29 is 23.1 Å². The van der Waals surface area contributed by atoms with Crippen LogP contribution >= 0.6 is 0 Å². The second kappa shape index (κ2) is 5.47. The van der Waals surface area contributed by atoms with Crippen molar-refractivity contribution in [3.8, 4) is 0 Å². The lowest BCUT2D eigenvalue weighted by Gasteiger charge is -2.26. The molecule has 0 saturated carbocycles. The lowest BCUT2D eigenvalue weighted by atomic mass is 9.90. The van der Waals surface area contributed by atoms with Gasteiger partial charge in [0.15, 0.2) is 0 Å². The molecule has 2 unspecified atom stereocenters. The van der Waals surface area contributed by atoms with Crippen molar-refractivity contribution in [3.05, 3.63) is 0 Å². The highest BCUT2D eigenvalue weighted by Gasteiger charge is 2.41. The van der Waals surface area contributed by atoms with Gasteiger partial charge in [-0.2, -0.15) is 13.2 Å². The maximum absolute atomic E-state index is 12.0. The van der Waals surface area contributed by atoms with Crippen LogP contribution in [0.5, 0.6) is 0 Å². The van der Waals surface area contributed by atoms with Gasteiger partial charge >= 0.3 is 12.1 Å². The molecular formula is C12H20F3NO2. The van der Waals surface area contributed by atoms with E-state index < -0.39 is 24.0 Å². The highest BCUT2D eigenvalue weighted by atomic mass is 19.4. The Hall–Kier alpha value is -0.780. The van der Waals surface area contributed by atoms with Gasteiger partial charge < -0.3 is 5.11 Å². The number of hydrogen-bond donors (Lipinski definition) is 1. The van der Waals surface area contributed by atoms with Crippen LogP contribution < -0.4 is 0 Å². The first-order chi connectivity index (χ1) is 8.14. The largest absolute Gasteiger partial charge is 0.481 e. The number of rotatable bonds is 5. The summed E-state index contributed by atoms with van der Waals surface area (Å²) < 4.78 is 36.1. The molecule has 18 heavy (non-hydrogen) atoms. The van der Waals surface area contributed by atoms with Gasteiger partial charge in [0.2, 0.25) is 0 Å². The first-order valence-corrected chi connectivity index (χ1v) is 6.18. The van der Waals surface area contributed by atoms with Crippen LogP contribution in [0.1, 0.15) is 39.5 Å². The third-order valence-corrected chi connectivity index (χ3v) is 3.72. The topological polar surface area (TPSA) is 40.5 Å². The average Bonchev–Trinajstić information content (AvgIpc) is 2.60. The van der Waals surface area contributed by atoms with Crippen LogP contribution in [0.25, 0.3) is 0 Å². The number of nitrogens with zero attached hydrogens (tertiary/aromatic N) is 1. The molecule has 0 aliphatic carbocycles. The third kappa shape index (κ3) is 4.15. The van der Waals surface area contributed by atoms with E-state index >= 15 is 0 Å². The van der Waals surface area contributed by atoms with Crippen molar-refractivity contribution in [2.24, 2.45) is 5.41 Å². The molecule has 0 spiro atoms. The molecule has 3 nitrogen and oxygen atoms in total. The lowest BCUT2D eigenvalue weighted by Crippen LogP contribution is -2.36. The smallest absolute Gasteiger partial charge is 0.389 e. The first kappa shape index (κ1) is 15.3. The van der Waals surface area contributed by atoms with Crippen LogP contribution in [0.3, 0.4) is 0 Å². The van der Waals surface area contributed by atoms with E-state index in [2.05, 4.69) is 0 Å². The minimum atomic E-state index is -4.10. The summed E-state index contributed by atoms with van der Waals surface area (Å²) in [5.41, 5.74) is -0.752. The Morgan fingerprint density at radius 1 is 1.50 bits per heavy atom. The Labute approximate surface area is 105 Å². The molecule has 1 fully saturated rings. The molecular weight excluding hydrogens is 247 g/mol. The van der Waals surface area contributed by atoms with E-state index in [1.165, 1.54) is 0 Å². The van der Waals surface area contributed by atoms with E-state index in [9.17, 15) is 18.0 Å². The van der Waals surface area contributed by atoms with Crippen molar-refractivity contribution in [2.75, 3.05) is 13.1 Å². The van der Waals surface area contributed by atoms with Crippen molar-refractivity contribution in [3.63, 3.8) is 0 Å². The minimum Gasteiger partial charge on any atom is -0.481 e. The van der Waals surface area contributed by atoms with Crippen molar-refractivity contribution in [1.29, 1.82) is 0 Å². The van der Waals surface area contributed by atoms with Crippen LogP contribution in [0.4, 0.5) is 13.2 Å². The number of hydrogen-bond acceptors (Lipinski definition) is 2. The van der Waals surface area contributed by atoms with Gasteiger partial charge in [0.05, 0.1) is 5.41 Å². The Kier molecular flexibility index (Phi) is 4.64. The Bertz CT molecular complexity index is 306. The zero-order valence-electron chi connectivity index (χ0n) is 10.8. The van der Waals surface area contributed by atoms with Gasteiger partial charge in [0.25, 0.3) is 0 Å². The quantitative estimate of drug-likeness (QED) is 0.832. The number of carbonyl (C=O) groups is 1. The number of carboxylic acid groups (broad SMARTS) is 1. The maximum atomic E-state index is 12.0. The summed E-state index contributed by atoms with van der Waals surface area (Å²) in [7, 11) is 0. The van der Waals surface area contributed by atoms with Gasteiger partial charge in [-0.3, -0.25) is 9.69 Å². The van der Waals surface area contributed by atoms with Gasteiger partial charge in [0.1, 0.15) is 0 Å². The van der Waals surface area contributed by atoms with E-state index in [1.54, 1.807) is 6.92 Å². The highest BCUT2D eigenvalue weighted by Crippen LogP contribution is 2.32. The summed E-state index contributed by atoms with van der Waals surface area (Å²) in [6.45, 7) is 4.63. The summed E-state index contributed by atoms with van der Waals surface area (Å²) in [6, 6.07) is 0.00789. The van der Waals surface area contributed by atoms with Crippen LogP contribution in [0.15, 0.2) is 0 Å². The lowest BCUT2D eigenvalue weighted by molar-refractivity contribution is -0.147. The molecule has 1 saturated heterocycles. The first-order valence-electron chi connectivity index (χ1n) is 6.18. The SMILES string of the molecule is CC(CCCC(F)(F)F)N1CCC(C)(C(=O)O)C1. The predicted molar refractivity (Wildman–Crippen MR) is 61.3 cm³/mol. The minimum absolute atomic E-state index is 0.00789. The van der Waals surface area contributed by atoms with Gasteiger partial charge in [-0.05, 0) is 39.7 Å². The van der Waals surface area contributed by atoms with Crippen LogP contribution in [-0.2, 0) is 4.79 Å². The second-order valence-corrected chi connectivity index (χ2v) is 5.44. The molecule has 0 amide bonds. The third-order valence-electron chi connectivity index (χ3n) is 3.72. The Morgan fingerprint density at radius 2 is 2.11 bits per heavy atom. The number of carboxylic acids is 1. The van der Waals surface area contributed by atoms with E-state index in [1.807, 2.05) is 11.8 Å². The molecule has 0 aromatic heterocycles. The molecule has 106 valence electrons. The molecule has 1 aliphatic rings. The summed E-state index contributed by atoms with van der Waals surface area (Å²) in [4.78, 5) is 13.0. The van der Waals surface area contributed by atoms with Gasteiger partial charge in [-0.25, -0.2) is 0 Å². The molecule has 1 rings (SSSR count). The van der Waals surface area contributed by atoms with E-state index in [0.717, 1.165) is 0 Å². The molecule has 6 heteroatoms. The van der Waals surface area contributed by atoms with Crippen LogP contribution in [0, 0.1) is 5.41 Å². The van der Waals surface area contributed by atoms with Gasteiger partial charge in [-0.1, -0.05) is 0 Å². The fraction of sp³-hybridized carbons (Fsp3) is 0.917. The number of alkyl halides is 3. The number of halogens is 3. The standard InChI is InChI=1S/C12H20F3NO2/c1-9(4-3-5-12(13,14)15)16-7-6-11(2,8-16)10(17)18/h9H,3-8H2,1-2H3,(H,17,18). The fourth-order valence-electron chi connectivity index (χ4n) is 2.33. The molecule has 1 aliphatic heterocycles. The molecule has 0 bridgehead atoms. The van der Waals surface area contributed by atoms with Crippen molar-refractivity contribution in [2.45, 2.75) is 51.7 Å². The normalized spacial score (nSPS) is 27.4. The van der Waals surface area contributed by atoms with Crippen LogP contribution in [-0.4, -0.2) is 41.3 Å². The second-order valence-electron chi connectivity index (χ2n) is 5.44. The van der Waals surface area contributed by atoms with Gasteiger partial charge in [0, 0.05) is 19.0 Å². The van der Waals surface area contributed by atoms with Crippen molar-refractivity contribution in [1.82, 2.24) is 4.90 Å². The monoisotopic (exact) mass is 267 g/mol. The fourth-order valence-corrected chi connectivity index (χ4v) is 2.33. The molecule has 0 aromatic rings. The van der Waals surface area contributed by atoms with E-state index in [0.29, 0.717) is 25.9 Å². The number of aliphatic carboxylic acids is 1. The maximum Gasteiger partial charge on any atom is 0.389 e. The summed E-state index contributed by atoms with van der Waals surface area (Å²) >= 11 is 0. The Balaban J connectivity index is 2.36. The molecule has 0 radical (unpaired) electrons. The number of likely N-dealkylation sites (tertiary alicyclic amines) is 1. The van der Waals surface area contributed by atoms with Crippen molar-refractivity contribution >= 4 is 5.97 Å². The summed E-state index contributed by atoms with van der Waals surface area (Å²) in [5, 5.41) is 9.08. The summed E-state index contributed by atoms with van der Waals surface area (Å²) in [5.74, 6) is -0.826. The van der Waals surface area contributed by atoms with Gasteiger partial charge in [-0.15, -0.1) is 0 Å². The van der Waals surface area contributed by atoms with E-state index in [-0.39, 0.29) is 12.5 Å². The molecule has 1 N–H and O–H groups in total. The molecule has 2 atom stereocenters. The molecule has 0 aromatic carbocycles. The summed E-state index contributed by atoms with van der Waals surface area (Å²) in [6.07, 6.45) is -3.74. The zero-order chi connectivity index (χ0) is 14.0. The predicted octanol–water partition coefficient (Wildman–Crippen LogP) is 2.90. The highest BCUT2D eigenvalue weighted by molar-refractivity contribution is 5.74. The average molecular weight is 267 g/mol. The van der Waals surface area contributed by atoms with E-state index in [4.69, 9.17) is 5.11 Å². The Morgan fingerprint density at radius 3 is 2.56 bits per heavy atom. The zero-order valence-corrected chi connectivity index (χ0v) is 10.8. The van der Waals surface area contributed by atoms with Crippen LogP contribution in [0.2, 0.25) is 0 Å².